The second-order valence-corrected chi connectivity index (χ2v) is 4.71. The molecule has 0 aliphatic carbocycles. The molecule has 0 saturated heterocycles. The molecule has 0 bridgehead atoms. The van der Waals surface area contributed by atoms with E-state index in [0.29, 0.717) is 12.1 Å². The van der Waals surface area contributed by atoms with E-state index in [1.165, 1.54) is 0 Å². The lowest BCUT2D eigenvalue weighted by atomic mass is 10.1. The second-order valence-electron chi connectivity index (χ2n) is 4.71. The highest BCUT2D eigenvalue weighted by Crippen LogP contribution is 2.13. The SMILES string of the molecule is Nc1ccccc1CCC(=O)NCc1cc(F)ccc1F. The molecule has 0 heterocycles. The number of hydrogen-bond donors (Lipinski definition) is 2. The molecule has 0 saturated carbocycles. The summed E-state index contributed by atoms with van der Waals surface area (Å²) in [5.41, 5.74) is 7.45. The Morgan fingerprint density at radius 1 is 1.10 bits per heavy atom. The number of carbonyl (C=O) groups is 1. The minimum atomic E-state index is -0.538. The maximum Gasteiger partial charge on any atom is 0.220 e. The van der Waals surface area contributed by atoms with Crippen molar-refractivity contribution >= 4 is 11.6 Å². The molecule has 0 atom stereocenters. The van der Waals surface area contributed by atoms with E-state index in [1.807, 2.05) is 18.2 Å². The van der Waals surface area contributed by atoms with Gasteiger partial charge in [0.2, 0.25) is 5.91 Å². The van der Waals surface area contributed by atoms with Crippen LogP contribution in [0.25, 0.3) is 0 Å². The number of hydrogen-bond acceptors (Lipinski definition) is 2. The molecule has 2 aromatic rings. The Morgan fingerprint density at radius 2 is 1.86 bits per heavy atom. The van der Waals surface area contributed by atoms with Gasteiger partial charge in [0.15, 0.2) is 0 Å². The summed E-state index contributed by atoms with van der Waals surface area (Å²) in [4.78, 5) is 11.7. The maximum absolute atomic E-state index is 13.4. The normalized spacial score (nSPS) is 10.4. The van der Waals surface area contributed by atoms with E-state index in [4.69, 9.17) is 5.73 Å². The molecule has 0 aromatic heterocycles. The van der Waals surface area contributed by atoms with Gasteiger partial charge in [0.1, 0.15) is 11.6 Å². The highest BCUT2D eigenvalue weighted by Gasteiger charge is 2.07. The van der Waals surface area contributed by atoms with Gasteiger partial charge in [0.25, 0.3) is 0 Å². The first-order valence-corrected chi connectivity index (χ1v) is 6.60. The number of anilines is 1. The number of carbonyl (C=O) groups excluding carboxylic acids is 1. The zero-order valence-electron chi connectivity index (χ0n) is 11.4. The number of halogens is 2. The predicted octanol–water partition coefficient (Wildman–Crippen LogP) is 2.80. The number of benzene rings is 2. The number of nitrogen functional groups attached to an aromatic ring is 1. The van der Waals surface area contributed by atoms with E-state index in [2.05, 4.69) is 5.32 Å². The fourth-order valence-electron chi connectivity index (χ4n) is 1.97. The third-order valence-electron chi connectivity index (χ3n) is 3.16. The Hall–Kier alpha value is -2.43. The summed E-state index contributed by atoms with van der Waals surface area (Å²) in [5.74, 6) is -1.30. The van der Waals surface area contributed by atoms with Crippen LogP contribution in [-0.4, -0.2) is 5.91 Å². The zero-order chi connectivity index (χ0) is 15.2. The molecule has 5 heteroatoms. The fraction of sp³-hybridized carbons (Fsp3) is 0.188. The lowest BCUT2D eigenvalue weighted by Crippen LogP contribution is -2.23. The van der Waals surface area contributed by atoms with Gasteiger partial charge in [-0.05, 0) is 36.2 Å². The van der Waals surface area contributed by atoms with E-state index >= 15 is 0 Å². The molecule has 2 rings (SSSR count). The van der Waals surface area contributed by atoms with Crippen LogP contribution in [0.15, 0.2) is 42.5 Å². The predicted molar refractivity (Wildman–Crippen MR) is 77.4 cm³/mol. The van der Waals surface area contributed by atoms with Crippen LogP contribution in [-0.2, 0) is 17.8 Å². The molecule has 110 valence electrons. The van der Waals surface area contributed by atoms with Crippen molar-refractivity contribution in [2.45, 2.75) is 19.4 Å². The van der Waals surface area contributed by atoms with Crippen molar-refractivity contribution in [3.05, 3.63) is 65.2 Å². The molecule has 0 aliphatic heterocycles. The average molecular weight is 290 g/mol. The summed E-state index contributed by atoms with van der Waals surface area (Å²) < 4.78 is 26.4. The molecule has 0 spiro atoms. The molecule has 2 aromatic carbocycles. The van der Waals surface area contributed by atoms with Crippen LogP contribution in [0.2, 0.25) is 0 Å². The first-order chi connectivity index (χ1) is 10.1. The topological polar surface area (TPSA) is 55.1 Å². The van der Waals surface area contributed by atoms with Gasteiger partial charge in [-0.2, -0.15) is 0 Å². The number of aryl methyl sites for hydroxylation is 1. The molecule has 3 N–H and O–H groups in total. The molecule has 0 unspecified atom stereocenters. The molecule has 0 aliphatic rings. The summed E-state index contributed by atoms with van der Waals surface area (Å²) in [6.45, 7) is -0.0350. The van der Waals surface area contributed by atoms with Gasteiger partial charge >= 0.3 is 0 Å². The van der Waals surface area contributed by atoms with Crippen molar-refractivity contribution in [3.63, 3.8) is 0 Å². The molecule has 0 radical (unpaired) electrons. The van der Waals surface area contributed by atoms with Gasteiger partial charge in [-0.3, -0.25) is 4.79 Å². The highest BCUT2D eigenvalue weighted by atomic mass is 19.1. The van der Waals surface area contributed by atoms with Crippen LogP contribution in [0.3, 0.4) is 0 Å². The molecule has 21 heavy (non-hydrogen) atoms. The standard InChI is InChI=1S/C16H16F2N2O/c17-13-6-7-14(18)12(9-13)10-20-16(21)8-5-11-3-1-2-4-15(11)19/h1-4,6-7,9H,5,8,10,19H2,(H,20,21). The second kappa shape index (κ2) is 6.83. The first-order valence-electron chi connectivity index (χ1n) is 6.60. The fourth-order valence-corrected chi connectivity index (χ4v) is 1.97. The van der Waals surface area contributed by atoms with Gasteiger partial charge in [0, 0.05) is 24.2 Å². The van der Waals surface area contributed by atoms with Gasteiger partial charge in [-0.15, -0.1) is 0 Å². The summed E-state index contributed by atoms with van der Waals surface area (Å²) in [6, 6.07) is 10.5. The van der Waals surface area contributed by atoms with E-state index < -0.39 is 11.6 Å². The summed E-state index contributed by atoms with van der Waals surface area (Å²) >= 11 is 0. The summed E-state index contributed by atoms with van der Waals surface area (Å²) in [5, 5.41) is 2.57. The molecule has 0 fully saturated rings. The lowest BCUT2D eigenvalue weighted by Gasteiger charge is -2.08. The minimum Gasteiger partial charge on any atom is -0.399 e. The Labute approximate surface area is 121 Å². The summed E-state index contributed by atoms with van der Waals surface area (Å²) in [6.07, 6.45) is 0.745. The van der Waals surface area contributed by atoms with Crippen molar-refractivity contribution < 1.29 is 13.6 Å². The monoisotopic (exact) mass is 290 g/mol. The number of amides is 1. The minimum absolute atomic E-state index is 0.0350. The maximum atomic E-state index is 13.4. The van der Waals surface area contributed by atoms with Crippen LogP contribution in [0.1, 0.15) is 17.5 Å². The Morgan fingerprint density at radius 3 is 2.62 bits per heavy atom. The summed E-state index contributed by atoms with van der Waals surface area (Å²) in [7, 11) is 0. The Balaban J connectivity index is 1.85. The van der Waals surface area contributed by atoms with Crippen molar-refractivity contribution in [1.82, 2.24) is 5.32 Å². The van der Waals surface area contributed by atoms with Gasteiger partial charge in [0.05, 0.1) is 0 Å². The number of rotatable bonds is 5. The van der Waals surface area contributed by atoms with Crippen molar-refractivity contribution in [2.75, 3.05) is 5.73 Å². The Kier molecular flexibility index (Phi) is 4.87. The van der Waals surface area contributed by atoms with Crippen LogP contribution in [0.5, 0.6) is 0 Å². The molecule has 3 nitrogen and oxygen atoms in total. The molecule has 1 amide bonds. The van der Waals surface area contributed by atoms with Crippen LogP contribution in [0, 0.1) is 11.6 Å². The number of nitrogens with one attached hydrogen (secondary N) is 1. The molecular formula is C16H16F2N2O. The van der Waals surface area contributed by atoms with Crippen molar-refractivity contribution in [2.24, 2.45) is 0 Å². The van der Waals surface area contributed by atoms with E-state index in [9.17, 15) is 13.6 Å². The number of para-hydroxylation sites is 1. The smallest absolute Gasteiger partial charge is 0.220 e. The van der Waals surface area contributed by atoms with Gasteiger partial charge in [-0.25, -0.2) is 8.78 Å². The highest BCUT2D eigenvalue weighted by molar-refractivity contribution is 5.76. The van der Waals surface area contributed by atoms with E-state index in [1.54, 1.807) is 6.07 Å². The average Bonchev–Trinajstić information content (AvgIpc) is 2.47. The van der Waals surface area contributed by atoms with E-state index in [0.717, 1.165) is 23.8 Å². The third-order valence-corrected chi connectivity index (χ3v) is 3.16. The Bertz CT molecular complexity index is 644. The number of nitrogens with two attached hydrogens (primary N) is 1. The quantitative estimate of drug-likeness (QED) is 0.832. The van der Waals surface area contributed by atoms with Gasteiger partial charge in [-0.1, -0.05) is 18.2 Å². The largest absolute Gasteiger partial charge is 0.399 e. The lowest BCUT2D eigenvalue weighted by molar-refractivity contribution is -0.121. The van der Waals surface area contributed by atoms with E-state index in [-0.39, 0.29) is 24.4 Å². The van der Waals surface area contributed by atoms with Crippen LogP contribution in [0.4, 0.5) is 14.5 Å². The van der Waals surface area contributed by atoms with Crippen molar-refractivity contribution in [1.29, 1.82) is 0 Å². The van der Waals surface area contributed by atoms with Crippen LogP contribution >= 0.6 is 0 Å². The zero-order valence-corrected chi connectivity index (χ0v) is 11.4. The van der Waals surface area contributed by atoms with Crippen LogP contribution < -0.4 is 11.1 Å². The molecular weight excluding hydrogens is 274 g/mol. The van der Waals surface area contributed by atoms with Crippen molar-refractivity contribution in [3.8, 4) is 0 Å². The first kappa shape index (κ1) is 15.0. The van der Waals surface area contributed by atoms with Gasteiger partial charge < -0.3 is 11.1 Å². The third kappa shape index (κ3) is 4.27.